The molecule has 0 aliphatic heterocycles. The highest BCUT2D eigenvalue weighted by Crippen LogP contribution is 2.32. The Morgan fingerprint density at radius 2 is 2.09 bits per heavy atom. The Labute approximate surface area is 66.7 Å². The summed E-state index contributed by atoms with van der Waals surface area (Å²) in [5.41, 5.74) is 2.63. The Hall–Kier alpha value is -0.820. The second kappa shape index (κ2) is 2.35. The van der Waals surface area contributed by atoms with E-state index in [1.807, 2.05) is 12.1 Å². The lowest BCUT2D eigenvalue weighted by Gasteiger charge is -2.07. The average Bonchev–Trinajstić information content (AvgIpc) is 2.30. The van der Waals surface area contributed by atoms with Gasteiger partial charge < -0.3 is 5.11 Å². The molecule has 1 aromatic rings. The summed E-state index contributed by atoms with van der Waals surface area (Å²) in [6.45, 7) is 2.08. The van der Waals surface area contributed by atoms with E-state index in [9.17, 15) is 5.11 Å². The maximum Gasteiger partial charge on any atom is 0.0646 e. The van der Waals surface area contributed by atoms with E-state index in [1.54, 1.807) is 0 Å². The van der Waals surface area contributed by atoms with Crippen LogP contribution < -0.4 is 0 Å². The van der Waals surface area contributed by atoms with Crippen molar-refractivity contribution in [3.63, 3.8) is 0 Å². The predicted octanol–water partition coefficient (Wildman–Crippen LogP) is 1.71. The Balaban J connectivity index is 2.47. The van der Waals surface area contributed by atoms with Gasteiger partial charge in [0.2, 0.25) is 0 Å². The number of aliphatic hydroxyl groups excluding tert-OH is 1. The highest BCUT2D eigenvalue weighted by molar-refractivity contribution is 5.36. The SMILES string of the molecule is CC1c2ccccc2C[C@H]1O. The number of hydrogen-bond acceptors (Lipinski definition) is 1. The van der Waals surface area contributed by atoms with Crippen molar-refractivity contribution < 1.29 is 5.11 Å². The van der Waals surface area contributed by atoms with Crippen molar-refractivity contribution in [2.24, 2.45) is 0 Å². The van der Waals surface area contributed by atoms with Crippen LogP contribution in [0.2, 0.25) is 0 Å². The van der Waals surface area contributed by atoms with Crippen LogP contribution in [0.15, 0.2) is 24.3 Å². The predicted molar refractivity (Wildman–Crippen MR) is 44.6 cm³/mol. The number of benzene rings is 1. The second-order valence-electron chi connectivity index (χ2n) is 3.26. The molecule has 0 saturated heterocycles. The molecule has 0 fully saturated rings. The third-order valence-electron chi connectivity index (χ3n) is 2.55. The topological polar surface area (TPSA) is 20.2 Å². The minimum atomic E-state index is -0.160. The molecule has 0 spiro atoms. The summed E-state index contributed by atoms with van der Waals surface area (Å²) in [7, 11) is 0. The largest absolute Gasteiger partial charge is 0.392 e. The van der Waals surface area contributed by atoms with E-state index >= 15 is 0 Å². The molecule has 0 radical (unpaired) electrons. The smallest absolute Gasteiger partial charge is 0.0646 e. The molecule has 1 N–H and O–H groups in total. The zero-order valence-electron chi connectivity index (χ0n) is 6.62. The molecule has 0 amide bonds. The van der Waals surface area contributed by atoms with Gasteiger partial charge in [-0.2, -0.15) is 0 Å². The lowest BCUT2D eigenvalue weighted by molar-refractivity contribution is 0.163. The molecule has 1 aliphatic rings. The van der Waals surface area contributed by atoms with Crippen LogP contribution in [-0.4, -0.2) is 11.2 Å². The fraction of sp³-hybridized carbons (Fsp3) is 0.400. The molecule has 0 aromatic heterocycles. The van der Waals surface area contributed by atoms with Crippen molar-refractivity contribution in [1.29, 1.82) is 0 Å². The summed E-state index contributed by atoms with van der Waals surface area (Å²) in [4.78, 5) is 0. The Bertz CT molecular complexity index is 267. The molecule has 0 bridgehead atoms. The third kappa shape index (κ3) is 0.962. The van der Waals surface area contributed by atoms with Crippen LogP contribution in [0.1, 0.15) is 24.0 Å². The molecular formula is C10H12O. The van der Waals surface area contributed by atoms with Gasteiger partial charge >= 0.3 is 0 Å². The minimum Gasteiger partial charge on any atom is -0.392 e. The van der Waals surface area contributed by atoms with E-state index in [-0.39, 0.29) is 6.10 Å². The van der Waals surface area contributed by atoms with Crippen molar-refractivity contribution in [2.45, 2.75) is 25.4 Å². The summed E-state index contributed by atoms with van der Waals surface area (Å²) in [5.74, 6) is 0.325. The van der Waals surface area contributed by atoms with E-state index in [0.29, 0.717) is 5.92 Å². The van der Waals surface area contributed by atoms with Crippen molar-refractivity contribution in [1.82, 2.24) is 0 Å². The first kappa shape index (κ1) is 6.86. The molecule has 0 heterocycles. The molecule has 1 aromatic carbocycles. The third-order valence-corrected chi connectivity index (χ3v) is 2.55. The highest BCUT2D eigenvalue weighted by atomic mass is 16.3. The second-order valence-corrected chi connectivity index (χ2v) is 3.26. The van der Waals surface area contributed by atoms with Crippen molar-refractivity contribution in [3.8, 4) is 0 Å². The fourth-order valence-electron chi connectivity index (χ4n) is 1.77. The standard InChI is InChI=1S/C10H12O/c1-7-9-5-3-2-4-8(9)6-10(7)11/h2-5,7,10-11H,6H2,1H3/t7?,10-/m1/s1. The summed E-state index contributed by atoms with van der Waals surface area (Å²) >= 11 is 0. The molecule has 2 atom stereocenters. The lowest BCUT2D eigenvalue weighted by Crippen LogP contribution is -2.09. The van der Waals surface area contributed by atoms with Gasteiger partial charge in [0.15, 0.2) is 0 Å². The van der Waals surface area contributed by atoms with Crippen molar-refractivity contribution >= 4 is 0 Å². The van der Waals surface area contributed by atoms with Crippen molar-refractivity contribution in [3.05, 3.63) is 35.4 Å². The Kier molecular flexibility index (Phi) is 1.46. The van der Waals surface area contributed by atoms with Gasteiger partial charge in [-0.05, 0) is 17.5 Å². The summed E-state index contributed by atoms with van der Waals surface area (Å²) in [5, 5.41) is 9.52. The van der Waals surface area contributed by atoms with Crippen LogP contribution >= 0.6 is 0 Å². The highest BCUT2D eigenvalue weighted by Gasteiger charge is 2.26. The molecule has 11 heavy (non-hydrogen) atoms. The molecule has 1 heteroatoms. The van der Waals surface area contributed by atoms with Crippen LogP contribution in [0.3, 0.4) is 0 Å². The Morgan fingerprint density at radius 1 is 1.36 bits per heavy atom. The number of fused-ring (bicyclic) bond motifs is 1. The van der Waals surface area contributed by atoms with Gasteiger partial charge in [0, 0.05) is 5.92 Å². The van der Waals surface area contributed by atoms with Gasteiger partial charge in [-0.3, -0.25) is 0 Å². The lowest BCUT2D eigenvalue weighted by atomic mass is 10.0. The number of hydrogen-bond donors (Lipinski definition) is 1. The summed E-state index contributed by atoms with van der Waals surface area (Å²) in [6, 6.07) is 8.27. The zero-order valence-corrected chi connectivity index (χ0v) is 6.62. The van der Waals surface area contributed by atoms with E-state index < -0.39 is 0 Å². The minimum absolute atomic E-state index is 0.160. The van der Waals surface area contributed by atoms with Crippen LogP contribution in [0.4, 0.5) is 0 Å². The van der Waals surface area contributed by atoms with Crippen LogP contribution in [0.25, 0.3) is 0 Å². The number of aliphatic hydroxyl groups is 1. The first-order chi connectivity index (χ1) is 5.29. The van der Waals surface area contributed by atoms with Crippen LogP contribution in [0, 0.1) is 0 Å². The molecule has 2 rings (SSSR count). The normalized spacial score (nSPS) is 28.5. The van der Waals surface area contributed by atoms with Crippen molar-refractivity contribution in [2.75, 3.05) is 0 Å². The van der Waals surface area contributed by atoms with Crippen LogP contribution in [-0.2, 0) is 6.42 Å². The maximum atomic E-state index is 9.52. The quantitative estimate of drug-likeness (QED) is 0.593. The first-order valence-electron chi connectivity index (χ1n) is 4.05. The van der Waals surface area contributed by atoms with E-state index in [4.69, 9.17) is 0 Å². The maximum absolute atomic E-state index is 9.52. The molecular weight excluding hydrogens is 136 g/mol. The van der Waals surface area contributed by atoms with E-state index in [1.165, 1.54) is 11.1 Å². The van der Waals surface area contributed by atoms with E-state index in [2.05, 4.69) is 19.1 Å². The summed E-state index contributed by atoms with van der Waals surface area (Å²) < 4.78 is 0. The molecule has 58 valence electrons. The first-order valence-corrected chi connectivity index (χ1v) is 4.05. The van der Waals surface area contributed by atoms with Gasteiger partial charge in [0.05, 0.1) is 6.10 Å². The van der Waals surface area contributed by atoms with Gasteiger partial charge in [0.1, 0.15) is 0 Å². The molecule has 1 nitrogen and oxygen atoms in total. The average molecular weight is 148 g/mol. The van der Waals surface area contributed by atoms with Crippen LogP contribution in [0.5, 0.6) is 0 Å². The van der Waals surface area contributed by atoms with E-state index in [0.717, 1.165) is 6.42 Å². The number of rotatable bonds is 0. The Morgan fingerprint density at radius 3 is 2.82 bits per heavy atom. The monoisotopic (exact) mass is 148 g/mol. The molecule has 0 saturated carbocycles. The van der Waals surface area contributed by atoms with Gasteiger partial charge in [-0.15, -0.1) is 0 Å². The van der Waals surface area contributed by atoms with Gasteiger partial charge in [-0.1, -0.05) is 31.2 Å². The van der Waals surface area contributed by atoms with Gasteiger partial charge in [0.25, 0.3) is 0 Å². The zero-order chi connectivity index (χ0) is 7.84. The molecule has 1 unspecified atom stereocenters. The summed E-state index contributed by atoms with van der Waals surface area (Å²) in [6.07, 6.45) is 0.671. The fourth-order valence-corrected chi connectivity index (χ4v) is 1.77. The molecule has 1 aliphatic carbocycles. The van der Waals surface area contributed by atoms with Gasteiger partial charge in [-0.25, -0.2) is 0 Å².